The zero-order valence-electron chi connectivity index (χ0n) is 4.66. The van der Waals surface area contributed by atoms with Crippen LogP contribution in [0.1, 0.15) is 0 Å². The zero-order valence-corrected chi connectivity index (χ0v) is 4.66. The van der Waals surface area contributed by atoms with Crippen LogP contribution in [-0.4, -0.2) is 34.9 Å². The third-order valence-electron chi connectivity index (χ3n) is 0.629. The molecule has 0 rings (SSSR count). The normalized spacial score (nSPS) is 8.11. The van der Waals surface area contributed by atoms with Crippen LogP contribution < -0.4 is 0 Å². The Bertz CT molecular complexity index is 155. The van der Waals surface area contributed by atoms with E-state index in [-0.39, 0.29) is 0 Å². The first-order valence-electron chi connectivity index (χ1n) is 2.03. The highest BCUT2D eigenvalue weighted by molar-refractivity contribution is 6.61. The maximum absolute atomic E-state index is 9.86. The molecule has 0 aromatic carbocycles. The van der Waals surface area contributed by atoms with Gasteiger partial charge in [0.15, 0.2) is 0 Å². The first-order valence-corrected chi connectivity index (χ1v) is 2.03. The fourth-order valence-electron chi connectivity index (χ4n) is 0.283. The molecule has 0 bridgehead atoms. The quantitative estimate of drug-likeness (QED) is 0.380. The number of hydrogen-bond donors (Lipinski definition) is 2. The van der Waals surface area contributed by atoms with Gasteiger partial charge in [0.2, 0.25) is 5.71 Å². The third-order valence-corrected chi connectivity index (χ3v) is 0.629. The van der Waals surface area contributed by atoms with E-state index in [9.17, 15) is 9.59 Å². The average Bonchev–Trinajstić information content (AvgIpc) is 1.64. The minimum absolute atomic E-state index is 0.852. The minimum atomic E-state index is -1.52. The maximum atomic E-state index is 9.86. The van der Waals surface area contributed by atoms with Crippen LogP contribution in [0.5, 0.6) is 0 Å². The van der Waals surface area contributed by atoms with Gasteiger partial charge in [0.1, 0.15) is 0 Å². The molecule has 0 aliphatic rings. The molecule has 0 radical (unpaired) electrons. The van der Waals surface area contributed by atoms with Gasteiger partial charge in [0.25, 0.3) is 0 Å². The maximum Gasteiger partial charge on any atom is 0.361 e. The van der Waals surface area contributed by atoms with Crippen molar-refractivity contribution in [1.82, 2.24) is 0 Å². The molecule has 50 valence electrons. The molecule has 5 nitrogen and oxygen atoms in total. The van der Waals surface area contributed by atoms with Gasteiger partial charge < -0.3 is 10.2 Å². The van der Waals surface area contributed by atoms with E-state index in [2.05, 4.69) is 4.99 Å². The Hall–Kier alpha value is -1.39. The molecule has 0 unspecified atom stereocenters. The number of nitrogens with zero attached hydrogens (tertiary/aromatic N) is 1. The summed E-state index contributed by atoms with van der Waals surface area (Å²) in [5.41, 5.74) is -0.852. The number of aliphatic imine (C=N–C) groups is 1. The molecule has 2 N–H and O–H groups in total. The number of carboxylic acid groups (broad SMARTS) is 2. The van der Waals surface area contributed by atoms with Crippen molar-refractivity contribution in [3.05, 3.63) is 0 Å². The van der Waals surface area contributed by atoms with Gasteiger partial charge in [0.05, 0.1) is 0 Å². The summed E-state index contributed by atoms with van der Waals surface area (Å²) < 4.78 is 0. The smallest absolute Gasteiger partial charge is 0.361 e. The van der Waals surface area contributed by atoms with Gasteiger partial charge in [-0.15, -0.1) is 0 Å². The van der Waals surface area contributed by atoms with E-state index in [4.69, 9.17) is 10.2 Å². The molecule has 9 heavy (non-hydrogen) atoms. The van der Waals surface area contributed by atoms with E-state index in [1.54, 1.807) is 0 Å². The van der Waals surface area contributed by atoms with Gasteiger partial charge >= 0.3 is 11.9 Å². The summed E-state index contributed by atoms with van der Waals surface area (Å²) in [6.07, 6.45) is 0. The summed E-state index contributed by atoms with van der Waals surface area (Å²) in [6, 6.07) is 0. The van der Waals surface area contributed by atoms with Crippen molar-refractivity contribution in [1.29, 1.82) is 0 Å². The third kappa shape index (κ3) is 1.89. The predicted molar refractivity (Wildman–Crippen MR) is 28.6 cm³/mol. The predicted octanol–water partition coefficient (Wildman–Crippen LogP) is -0.774. The van der Waals surface area contributed by atoms with Gasteiger partial charge in [-0.3, -0.25) is 4.99 Å². The molecule has 0 aliphatic carbocycles. The average molecular weight is 131 g/mol. The highest BCUT2D eigenvalue weighted by atomic mass is 16.4. The van der Waals surface area contributed by atoms with E-state index >= 15 is 0 Å². The highest BCUT2D eigenvalue weighted by Crippen LogP contribution is 1.76. The first kappa shape index (κ1) is 7.61. The van der Waals surface area contributed by atoms with Gasteiger partial charge in [-0.05, 0) is 0 Å². The Balaban J connectivity index is 4.38. The number of carbonyl (C=O) groups is 2. The van der Waals surface area contributed by atoms with Crippen molar-refractivity contribution in [3.63, 3.8) is 0 Å². The summed E-state index contributed by atoms with van der Waals surface area (Å²) in [5, 5.41) is 16.1. The first-order chi connectivity index (χ1) is 4.09. The van der Waals surface area contributed by atoms with E-state index in [1.807, 2.05) is 0 Å². The van der Waals surface area contributed by atoms with Crippen molar-refractivity contribution < 1.29 is 19.8 Å². The number of carboxylic acids is 2. The summed E-state index contributed by atoms with van der Waals surface area (Å²) >= 11 is 0. The second-order valence-corrected chi connectivity index (χ2v) is 1.18. The van der Waals surface area contributed by atoms with Crippen LogP contribution >= 0.6 is 0 Å². The van der Waals surface area contributed by atoms with Crippen molar-refractivity contribution in [2.75, 3.05) is 7.05 Å². The summed E-state index contributed by atoms with van der Waals surface area (Å²) in [6.45, 7) is 0. The molecule has 0 aliphatic heterocycles. The molecule has 0 saturated carbocycles. The largest absolute Gasteiger partial charge is 0.476 e. The van der Waals surface area contributed by atoms with Crippen LogP contribution in [0.3, 0.4) is 0 Å². The molecule has 0 aromatic heterocycles. The molecular weight excluding hydrogens is 126 g/mol. The Morgan fingerprint density at radius 1 is 1.22 bits per heavy atom. The second-order valence-electron chi connectivity index (χ2n) is 1.18. The van der Waals surface area contributed by atoms with Crippen LogP contribution in [0.4, 0.5) is 0 Å². The topological polar surface area (TPSA) is 87.0 Å². The van der Waals surface area contributed by atoms with E-state index in [0.29, 0.717) is 0 Å². The number of hydrogen-bond acceptors (Lipinski definition) is 3. The monoisotopic (exact) mass is 131 g/mol. The molecule has 0 aromatic rings. The molecule has 0 spiro atoms. The van der Waals surface area contributed by atoms with E-state index in [1.165, 1.54) is 0 Å². The van der Waals surface area contributed by atoms with E-state index < -0.39 is 17.7 Å². The summed E-state index contributed by atoms with van der Waals surface area (Å²) in [4.78, 5) is 22.7. The van der Waals surface area contributed by atoms with Crippen molar-refractivity contribution >= 4 is 17.7 Å². The molecule has 5 heteroatoms. The molecular formula is C4H5NO4. The van der Waals surface area contributed by atoms with Gasteiger partial charge in [-0.2, -0.15) is 0 Å². The SMILES string of the molecule is CN=C(C(=O)O)C(=O)O. The number of aliphatic carboxylic acids is 2. The van der Waals surface area contributed by atoms with Crippen molar-refractivity contribution in [2.24, 2.45) is 4.99 Å². The lowest BCUT2D eigenvalue weighted by atomic mass is 10.4. The van der Waals surface area contributed by atoms with Crippen LogP contribution in [0.2, 0.25) is 0 Å². The number of rotatable bonds is 2. The lowest BCUT2D eigenvalue weighted by molar-refractivity contribution is -0.134. The lowest BCUT2D eigenvalue weighted by Crippen LogP contribution is -2.22. The summed E-state index contributed by atoms with van der Waals surface area (Å²) in [7, 11) is 1.11. The van der Waals surface area contributed by atoms with Crippen LogP contribution in [0.25, 0.3) is 0 Å². The summed E-state index contributed by atoms with van der Waals surface area (Å²) in [5.74, 6) is -3.05. The Labute approximate surface area is 50.6 Å². The minimum Gasteiger partial charge on any atom is -0.476 e. The van der Waals surface area contributed by atoms with Crippen molar-refractivity contribution in [2.45, 2.75) is 0 Å². The van der Waals surface area contributed by atoms with E-state index in [0.717, 1.165) is 7.05 Å². The fraction of sp³-hybridized carbons (Fsp3) is 0.250. The van der Waals surface area contributed by atoms with Crippen LogP contribution in [0, 0.1) is 0 Å². The fourth-order valence-corrected chi connectivity index (χ4v) is 0.283. The molecule has 0 atom stereocenters. The Kier molecular flexibility index (Phi) is 2.37. The Morgan fingerprint density at radius 3 is 1.56 bits per heavy atom. The Morgan fingerprint density at radius 2 is 1.56 bits per heavy atom. The van der Waals surface area contributed by atoms with Gasteiger partial charge in [-0.25, -0.2) is 9.59 Å². The standard InChI is InChI=1S/C4H5NO4/c1-5-2(3(6)7)4(8)9/h1H3,(H,6,7)(H,8,9). The lowest BCUT2D eigenvalue weighted by Gasteiger charge is -1.88. The zero-order chi connectivity index (χ0) is 7.44. The molecule has 0 heterocycles. The molecule has 0 saturated heterocycles. The van der Waals surface area contributed by atoms with Crippen LogP contribution in [-0.2, 0) is 9.59 Å². The molecule has 0 amide bonds. The van der Waals surface area contributed by atoms with Gasteiger partial charge in [0, 0.05) is 7.05 Å². The van der Waals surface area contributed by atoms with Crippen LogP contribution in [0.15, 0.2) is 4.99 Å². The second kappa shape index (κ2) is 2.81. The van der Waals surface area contributed by atoms with Crippen molar-refractivity contribution in [3.8, 4) is 0 Å². The van der Waals surface area contributed by atoms with Gasteiger partial charge in [-0.1, -0.05) is 0 Å². The molecule has 0 fully saturated rings. The highest BCUT2D eigenvalue weighted by Gasteiger charge is 2.15.